The van der Waals surface area contributed by atoms with Crippen LogP contribution in [0.1, 0.15) is 11.7 Å². The van der Waals surface area contributed by atoms with Crippen molar-refractivity contribution in [3.8, 4) is 0 Å². The van der Waals surface area contributed by atoms with Gasteiger partial charge in [-0.05, 0) is 12.1 Å². The quantitative estimate of drug-likeness (QED) is 0.887. The maximum absolute atomic E-state index is 14.0. The predicted octanol–water partition coefficient (Wildman–Crippen LogP) is 1.44. The summed E-state index contributed by atoms with van der Waals surface area (Å²) < 4.78 is 15.9. The molecule has 5 nitrogen and oxygen atoms in total. The van der Waals surface area contributed by atoms with Gasteiger partial charge in [0.1, 0.15) is 5.82 Å². The molecule has 0 amide bonds. The van der Waals surface area contributed by atoms with Gasteiger partial charge in [0.05, 0.1) is 36.5 Å². The van der Waals surface area contributed by atoms with E-state index in [0.29, 0.717) is 18.2 Å². The number of guanidine groups is 1. The average Bonchev–Trinajstić information content (AvgIpc) is 2.96. The largest absolute Gasteiger partial charge is 0.369 e. The van der Waals surface area contributed by atoms with Crippen molar-refractivity contribution in [1.29, 1.82) is 0 Å². The van der Waals surface area contributed by atoms with Crippen molar-refractivity contribution >= 4 is 11.6 Å². The van der Waals surface area contributed by atoms with Gasteiger partial charge < -0.3 is 10.3 Å². The number of aromatic nitrogens is 2. The molecule has 2 aromatic rings. The molecule has 0 fully saturated rings. The number of hydrogen-bond acceptors (Lipinski definition) is 4. The van der Waals surface area contributed by atoms with Crippen LogP contribution in [0, 0.1) is 5.82 Å². The zero-order chi connectivity index (χ0) is 13.4. The summed E-state index contributed by atoms with van der Waals surface area (Å²) in [5.74, 6) is 0.0195. The van der Waals surface area contributed by atoms with Crippen LogP contribution in [0.3, 0.4) is 0 Å². The molecule has 0 saturated heterocycles. The number of hydrogen-bond donors (Lipinski definition) is 1. The van der Waals surface area contributed by atoms with Crippen LogP contribution >= 0.6 is 0 Å². The lowest BCUT2D eigenvalue weighted by Gasteiger charge is -2.26. The Hall–Kier alpha value is -2.37. The van der Waals surface area contributed by atoms with Crippen LogP contribution < -0.4 is 10.6 Å². The zero-order valence-corrected chi connectivity index (χ0v) is 10.5. The molecular weight excluding hydrogens is 245 g/mol. The number of rotatable bonds is 2. The van der Waals surface area contributed by atoms with Crippen LogP contribution in [0.2, 0.25) is 0 Å². The van der Waals surface area contributed by atoms with Crippen LogP contribution in [0.25, 0.3) is 0 Å². The van der Waals surface area contributed by atoms with Crippen molar-refractivity contribution in [2.24, 2.45) is 17.8 Å². The molecule has 1 atom stereocenters. The van der Waals surface area contributed by atoms with E-state index in [1.54, 1.807) is 35.6 Å². The summed E-state index contributed by atoms with van der Waals surface area (Å²) in [7, 11) is 1.90. The first-order chi connectivity index (χ1) is 9.18. The van der Waals surface area contributed by atoms with E-state index in [1.807, 2.05) is 11.6 Å². The highest BCUT2D eigenvalue weighted by Gasteiger charge is 2.32. The van der Waals surface area contributed by atoms with Crippen molar-refractivity contribution in [2.75, 3.05) is 11.4 Å². The number of nitrogens with two attached hydrogens (primary N) is 1. The molecule has 1 aromatic heterocycles. The number of halogens is 1. The summed E-state index contributed by atoms with van der Waals surface area (Å²) >= 11 is 0. The van der Waals surface area contributed by atoms with Crippen molar-refractivity contribution < 1.29 is 4.39 Å². The highest BCUT2D eigenvalue weighted by atomic mass is 19.1. The van der Waals surface area contributed by atoms with E-state index in [1.165, 1.54) is 6.07 Å². The normalized spacial score (nSPS) is 18.7. The van der Waals surface area contributed by atoms with Gasteiger partial charge in [-0.3, -0.25) is 9.89 Å². The van der Waals surface area contributed by atoms with E-state index < -0.39 is 0 Å². The third kappa shape index (κ3) is 1.85. The van der Waals surface area contributed by atoms with Crippen LogP contribution in [0.15, 0.2) is 41.8 Å². The maximum atomic E-state index is 14.0. The Labute approximate surface area is 110 Å². The fraction of sp³-hybridized carbons (Fsp3) is 0.231. The maximum Gasteiger partial charge on any atom is 0.196 e. The Bertz CT molecular complexity index is 633. The second kappa shape index (κ2) is 4.38. The molecule has 3 rings (SSSR count). The molecule has 6 heteroatoms. The number of anilines is 1. The van der Waals surface area contributed by atoms with Gasteiger partial charge in [0, 0.05) is 7.05 Å². The van der Waals surface area contributed by atoms with Gasteiger partial charge >= 0.3 is 0 Å². The molecule has 2 N–H and O–H groups in total. The number of imidazole rings is 1. The molecule has 0 saturated carbocycles. The van der Waals surface area contributed by atoms with Crippen LogP contribution in [-0.2, 0) is 7.05 Å². The van der Waals surface area contributed by atoms with E-state index in [2.05, 4.69) is 9.98 Å². The second-order valence-electron chi connectivity index (χ2n) is 4.47. The Morgan fingerprint density at radius 1 is 1.37 bits per heavy atom. The minimum atomic E-state index is -0.310. The lowest BCUT2D eigenvalue weighted by Crippen LogP contribution is -2.37. The van der Waals surface area contributed by atoms with E-state index in [-0.39, 0.29) is 11.9 Å². The van der Waals surface area contributed by atoms with Gasteiger partial charge in [0.25, 0.3) is 0 Å². The summed E-state index contributed by atoms with van der Waals surface area (Å²) in [5, 5.41) is 0. The van der Waals surface area contributed by atoms with Gasteiger partial charge in [0.2, 0.25) is 0 Å². The Morgan fingerprint density at radius 3 is 2.84 bits per heavy atom. The first kappa shape index (κ1) is 11.7. The SMILES string of the molecule is Cn1cncc1C1CN=C(N)N1c1ccccc1F. The number of aliphatic imine (C=N–C) groups is 1. The molecule has 0 aliphatic carbocycles. The summed E-state index contributed by atoms with van der Waals surface area (Å²) in [4.78, 5) is 10.0. The lowest BCUT2D eigenvalue weighted by molar-refractivity contribution is 0.613. The molecule has 2 heterocycles. The lowest BCUT2D eigenvalue weighted by atomic mass is 10.1. The second-order valence-corrected chi connectivity index (χ2v) is 4.47. The van der Waals surface area contributed by atoms with Crippen LogP contribution in [0.5, 0.6) is 0 Å². The van der Waals surface area contributed by atoms with Gasteiger partial charge in [-0.2, -0.15) is 0 Å². The Balaban J connectivity index is 2.05. The zero-order valence-electron chi connectivity index (χ0n) is 10.5. The standard InChI is InChI=1S/C13H14FN5/c1-18-8-16-6-11(18)12-7-17-13(15)19(12)10-5-3-2-4-9(10)14/h2-6,8,12H,7H2,1H3,(H2,15,17). The topological polar surface area (TPSA) is 59.4 Å². The molecule has 0 bridgehead atoms. The fourth-order valence-corrected chi connectivity index (χ4v) is 2.35. The first-order valence-electron chi connectivity index (χ1n) is 5.98. The number of benzene rings is 1. The van der Waals surface area contributed by atoms with Gasteiger partial charge in [-0.15, -0.1) is 0 Å². The molecule has 1 aliphatic rings. The van der Waals surface area contributed by atoms with Crippen molar-refractivity contribution in [3.05, 3.63) is 48.3 Å². The highest BCUT2D eigenvalue weighted by molar-refractivity contribution is 5.97. The monoisotopic (exact) mass is 259 g/mol. The summed E-state index contributed by atoms with van der Waals surface area (Å²) in [6, 6.07) is 6.43. The van der Waals surface area contributed by atoms with E-state index >= 15 is 0 Å². The Kier molecular flexibility index (Phi) is 2.70. The molecule has 0 spiro atoms. The molecular formula is C13H14FN5. The molecule has 1 aromatic carbocycles. The molecule has 98 valence electrons. The predicted molar refractivity (Wildman–Crippen MR) is 71.3 cm³/mol. The van der Waals surface area contributed by atoms with E-state index in [0.717, 1.165) is 5.69 Å². The van der Waals surface area contributed by atoms with Crippen molar-refractivity contribution in [2.45, 2.75) is 6.04 Å². The van der Waals surface area contributed by atoms with Crippen LogP contribution in [-0.4, -0.2) is 22.1 Å². The summed E-state index contributed by atoms with van der Waals surface area (Å²) in [6.07, 6.45) is 3.47. The number of nitrogens with zero attached hydrogens (tertiary/aromatic N) is 4. The van der Waals surface area contributed by atoms with Crippen LogP contribution in [0.4, 0.5) is 10.1 Å². The molecule has 19 heavy (non-hydrogen) atoms. The van der Waals surface area contributed by atoms with Gasteiger partial charge in [0.15, 0.2) is 5.96 Å². The smallest absolute Gasteiger partial charge is 0.196 e. The van der Waals surface area contributed by atoms with E-state index in [9.17, 15) is 4.39 Å². The van der Waals surface area contributed by atoms with Crippen molar-refractivity contribution in [1.82, 2.24) is 9.55 Å². The average molecular weight is 259 g/mol. The van der Waals surface area contributed by atoms with Gasteiger partial charge in [-0.1, -0.05) is 12.1 Å². The summed E-state index contributed by atoms with van der Waals surface area (Å²) in [5.41, 5.74) is 7.29. The number of para-hydroxylation sites is 1. The van der Waals surface area contributed by atoms with Gasteiger partial charge in [-0.25, -0.2) is 9.37 Å². The third-order valence-electron chi connectivity index (χ3n) is 3.29. The fourth-order valence-electron chi connectivity index (χ4n) is 2.35. The highest BCUT2D eigenvalue weighted by Crippen LogP contribution is 2.32. The van der Waals surface area contributed by atoms with E-state index in [4.69, 9.17) is 5.73 Å². The molecule has 1 unspecified atom stereocenters. The number of aryl methyl sites for hydroxylation is 1. The molecule has 0 radical (unpaired) electrons. The Morgan fingerprint density at radius 2 is 2.16 bits per heavy atom. The molecule has 1 aliphatic heterocycles. The minimum absolute atomic E-state index is 0.121. The minimum Gasteiger partial charge on any atom is -0.369 e. The van der Waals surface area contributed by atoms with Crippen molar-refractivity contribution in [3.63, 3.8) is 0 Å². The third-order valence-corrected chi connectivity index (χ3v) is 3.29. The summed E-state index contributed by atoms with van der Waals surface area (Å²) in [6.45, 7) is 0.500. The first-order valence-corrected chi connectivity index (χ1v) is 5.98.